The Morgan fingerprint density at radius 3 is 2.20 bits per heavy atom. The van der Waals surface area contributed by atoms with Gasteiger partial charge in [-0.2, -0.15) is 0 Å². The Bertz CT molecular complexity index is 308. The van der Waals surface area contributed by atoms with E-state index in [4.69, 9.17) is 0 Å². The molecule has 4 heteroatoms. The molecule has 0 radical (unpaired) electrons. The van der Waals surface area contributed by atoms with Gasteiger partial charge in [0, 0.05) is 12.5 Å². The third-order valence-corrected chi connectivity index (χ3v) is 1.37. The molecule has 0 saturated carbocycles. The fraction of sp³-hybridized carbons (Fsp3) is 0.333. The maximum atomic E-state index is 10.7. The molecule has 2 N–H and O–H groups in total. The van der Waals surface area contributed by atoms with Crippen LogP contribution in [0.5, 0.6) is 0 Å². The molecule has 0 aliphatic carbocycles. The molecule has 0 atom stereocenters. The maximum absolute atomic E-state index is 10.7. The van der Waals surface area contributed by atoms with Gasteiger partial charge in [-0.3, -0.25) is 19.8 Å². The Morgan fingerprint density at radius 2 is 2.00 bits per heavy atom. The number of carbonyl (C=O) groups excluding carboxylic acids is 1. The second-order valence-corrected chi connectivity index (χ2v) is 2.14. The zero-order valence-corrected chi connectivity index (χ0v) is 5.82. The van der Waals surface area contributed by atoms with Crippen molar-refractivity contribution in [1.29, 1.82) is 0 Å². The fourth-order valence-electron chi connectivity index (χ4n) is 0.772. The Labute approximate surface area is 57.2 Å². The third-order valence-electron chi connectivity index (χ3n) is 1.37. The first-order valence-corrected chi connectivity index (χ1v) is 2.91. The van der Waals surface area contributed by atoms with Crippen molar-refractivity contribution in [1.82, 2.24) is 10.2 Å². The Kier molecular flexibility index (Phi) is 1.45. The van der Waals surface area contributed by atoms with E-state index in [0.29, 0.717) is 11.3 Å². The molecule has 0 unspecified atom stereocenters. The number of hydrogen-bond acceptors (Lipinski definition) is 2. The molecule has 0 saturated heterocycles. The minimum Gasteiger partial charge on any atom is -0.294 e. The highest BCUT2D eigenvalue weighted by Crippen LogP contribution is 1.96. The summed E-state index contributed by atoms with van der Waals surface area (Å²) < 4.78 is 0. The lowest BCUT2D eigenvalue weighted by Gasteiger charge is -1.86. The van der Waals surface area contributed by atoms with Crippen molar-refractivity contribution < 1.29 is 4.79 Å². The van der Waals surface area contributed by atoms with Gasteiger partial charge < -0.3 is 0 Å². The molecule has 0 aliphatic heterocycles. The summed E-state index contributed by atoms with van der Waals surface area (Å²) in [6, 6.07) is 0. The summed E-state index contributed by atoms with van der Waals surface area (Å²) in [6.45, 7) is 3.01. The van der Waals surface area contributed by atoms with E-state index in [2.05, 4.69) is 10.2 Å². The molecule has 1 heterocycles. The van der Waals surface area contributed by atoms with Crippen LogP contribution >= 0.6 is 0 Å². The van der Waals surface area contributed by atoms with Gasteiger partial charge in [0.1, 0.15) is 5.69 Å². The summed E-state index contributed by atoms with van der Waals surface area (Å²) in [5.41, 5.74) is 0.586. The maximum Gasteiger partial charge on any atom is 0.267 e. The smallest absolute Gasteiger partial charge is 0.267 e. The average molecular weight is 140 g/mol. The van der Waals surface area contributed by atoms with Crippen LogP contribution in [0.2, 0.25) is 0 Å². The van der Waals surface area contributed by atoms with Crippen LogP contribution in [-0.2, 0) is 0 Å². The SMILES string of the molecule is CC(=O)c1[nH][nH]c(=O)c1C. The summed E-state index contributed by atoms with van der Waals surface area (Å²) in [5, 5.41) is 4.80. The van der Waals surface area contributed by atoms with Gasteiger partial charge in [0.15, 0.2) is 5.78 Å². The zero-order valence-electron chi connectivity index (χ0n) is 5.82. The second kappa shape index (κ2) is 2.13. The number of rotatable bonds is 1. The minimum absolute atomic E-state index is 0.129. The average Bonchev–Trinajstić information content (AvgIpc) is 2.14. The number of aromatic nitrogens is 2. The predicted octanol–water partition coefficient (Wildman–Crippen LogP) is 0.214. The Balaban J connectivity index is 3.31. The lowest BCUT2D eigenvalue weighted by atomic mass is 10.2. The summed E-state index contributed by atoms with van der Waals surface area (Å²) >= 11 is 0. The molecule has 1 aromatic rings. The van der Waals surface area contributed by atoms with E-state index in [0.717, 1.165) is 0 Å². The van der Waals surface area contributed by atoms with Crippen LogP contribution in [0.3, 0.4) is 0 Å². The van der Waals surface area contributed by atoms with Crippen molar-refractivity contribution in [2.75, 3.05) is 0 Å². The quantitative estimate of drug-likeness (QED) is 0.548. The normalized spacial score (nSPS) is 9.80. The van der Waals surface area contributed by atoms with Crippen LogP contribution in [0.15, 0.2) is 4.79 Å². The topological polar surface area (TPSA) is 65.7 Å². The second-order valence-electron chi connectivity index (χ2n) is 2.14. The number of hydrogen-bond donors (Lipinski definition) is 2. The molecule has 0 aromatic carbocycles. The van der Waals surface area contributed by atoms with Gasteiger partial charge in [-0.15, -0.1) is 0 Å². The van der Waals surface area contributed by atoms with E-state index >= 15 is 0 Å². The van der Waals surface area contributed by atoms with E-state index in [9.17, 15) is 9.59 Å². The molecular weight excluding hydrogens is 132 g/mol. The fourth-order valence-corrected chi connectivity index (χ4v) is 0.772. The van der Waals surface area contributed by atoms with Crippen molar-refractivity contribution in [3.8, 4) is 0 Å². The number of carbonyl (C=O) groups is 1. The van der Waals surface area contributed by atoms with E-state index < -0.39 is 0 Å². The van der Waals surface area contributed by atoms with Crippen LogP contribution in [0.1, 0.15) is 23.0 Å². The van der Waals surface area contributed by atoms with E-state index in [1.54, 1.807) is 6.92 Å². The minimum atomic E-state index is -0.231. The first kappa shape index (κ1) is 6.80. The molecule has 1 aromatic heterocycles. The van der Waals surface area contributed by atoms with E-state index in [1.807, 2.05) is 0 Å². The molecule has 4 nitrogen and oxygen atoms in total. The molecule has 0 fully saturated rings. The highest BCUT2D eigenvalue weighted by atomic mass is 16.1. The summed E-state index contributed by atoms with van der Waals surface area (Å²) in [7, 11) is 0. The Morgan fingerprint density at radius 1 is 1.40 bits per heavy atom. The Hall–Kier alpha value is -1.32. The molecule has 0 spiro atoms. The lowest BCUT2D eigenvalue weighted by molar-refractivity contribution is 0.101. The van der Waals surface area contributed by atoms with E-state index in [-0.39, 0.29) is 11.3 Å². The van der Waals surface area contributed by atoms with Crippen LogP contribution < -0.4 is 5.56 Å². The molecular formula is C6H8N2O2. The van der Waals surface area contributed by atoms with E-state index in [1.165, 1.54) is 6.92 Å². The van der Waals surface area contributed by atoms with Crippen molar-refractivity contribution in [2.24, 2.45) is 0 Å². The molecule has 0 aliphatic rings. The molecule has 1 rings (SSSR count). The standard InChI is InChI=1S/C6H8N2O2/c1-3-5(4(2)9)7-8-6(3)10/h1-2H3,(H2,7,8,10). The molecule has 0 amide bonds. The van der Waals surface area contributed by atoms with Crippen molar-refractivity contribution in [3.05, 3.63) is 21.6 Å². The predicted molar refractivity (Wildman–Crippen MR) is 36.2 cm³/mol. The van der Waals surface area contributed by atoms with Crippen molar-refractivity contribution >= 4 is 5.78 Å². The summed E-state index contributed by atoms with van der Waals surface area (Å²) in [4.78, 5) is 21.4. The largest absolute Gasteiger partial charge is 0.294 e. The highest BCUT2D eigenvalue weighted by Gasteiger charge is 2.07. The van der Waals surface area contributed by atoms with Gasteiger partial charge in [0.25, 0.3) is 5.56 Å². The van der Waals surface area contributed by atoms with Crippen LogP contribution in [-0.4, -0.2) is 16.0 Å². The number of aromatic amines is 2. The van der Waals surface area contributed by atoms with Gasteiger partial charge in [-0.05, 0) is 6.92 Å². The van der Waals surface area contributed by atoms with Crippen LogP contribution in [0, 0.1) is 6.92 Å². The summed E-state index contributed by atoms with van der Waals surface area (Å²) in [5.74, 6) is -0.129. The van der Waals surface area contributed by atoms with Gasteiger partial charge in [0.2, 0.25) is 0 Å². The molecule has 0 bridgehead atoms. The molecule has 54 valence electrons. The number of ketones is 1. The zero-order chi connectivity index (χ0) is 7.72. The van der Waals surface area contributed by atoms with Crippen molar-refractivity contribution in [2.45, 2.75) is 13.8 Å². The van der Waals surface area contributed by atoms with Gasteiger partial charge in [-0.1, -0.05) is 0 Å². The summed E-state index contributed by atoms with van der Waals surface area (Å²) in [6.07, 6.45) is 0. The lowest BCUT2D eigenvalue weighted by Crippen LogP contribution is -2.02. The number of Topliss-reactive ketones (excluding diaryl/α,β-unsaturated/α-hetero) is 1. The first-order chi connectivity index (χ1) is 4.63. The van der Waals surface area contributed by atoms with Gasteiger partial charge in [0.05, 0.1) is 0 Å². The van der Waals surface area contributed by atoms with Gasteiger partial charge in [-0.25, -0.2) is 0 Å². The van der Waals surface area contributed by atoms with Crippen LogP contribution in [0.4, 0.5) is 0 Å². The molecule has 10 heavy (non-hydrogen) atoms. The third kappa shape index (κ3) is 0.877. The van der Waals surface area contributed by atoms with Crippen molar-refractivity contribution in [3.63, 3.8) is 0 Å². The highest BCUT2D eigenvalue weighted by molar-refractivity contribution is 5.93. The van der Waals surface area contributed by atoms with Gasteiger partial charge >= 0.3 is 0 Å². The number of nitrogens with one attached hydrogen (secondary N) is 2. The number of H-pyrrole nitrogens is 2. The van der Waals surface area contributed by atoms with Crippen LogP contribution in [0.25, 0.3) is 0 Å². The first-order valence-electron chi connectivity index (χ1n) is 2.91. The monoisotopic (exact) mass is 140 g/mol.